The topological polar surface area (TPSA) is 44.5 Å². The van der Waals surface area contributed by atoms with Crippen molar-refractivity contribution < 1.29 is 13.9 Å². The summed E-state index contributed by atoms with van der Waals surface area (Å²) in [5, 5.41) is 0.612. The molecule has 0 aromatic heterocycles. The monoisotopic (exact) mass is 309 g/mol. The number of benzene rings is 2. The Hall–Kier alpha value is -1.94. The molecule has 0 bridgehead atoms. The highest BCUT2D eigenvalue weighted by atomic mass is 35.5. The molecule has 5 heteroatoms. The molecular weight excluding hydrogens is 293 g/mol. The van der Waals surface area contributed by atoms with Gasteiger partial charge in [0.05, 0.1) is 12.3 Å². The largest absolute Gasteiger partial charge is 0.490 e. The highest BCUT2D eigenvalue weighted by molar-refractivity contribution is 6.31. The molecule has 112 valence electrons. The van der Waals surface area contributed by atoms with Crippen LogP contribution in [0.15, 0.2) is 36.4 Å². The third kappa shape index (κ3) is 4.02. The molecule has 0 saturated carbocycles. The standard InChI is InChI=1S/C16H17ClFNO2/c1-2-7-20-15-9-16(14(19)8-13(15)18)21-10-11-5-3-4-6-12(11)17/h3-6,8-9H,2,7,10,19H2,1H3. The van der Waals surface area contributed by atoms with Gasteiger partial charge in [0.25, 0.3) is 0 Å². The summed E-state index contributed by atoms with van der Waals surface area (Å²) in [6.07, 6.45) is 0.791. The van der Waals surface area contributed by atoms with E-state index in [2.05, 4.69) is 0 Å². The first kappa shape index (κ1) is 15.4. The van der Waals surface area contributed by atoms with Gasteiger partial charge < -0.3 is 15.2 Å². The average Bonchev–Trinajstić information content (AvgIpc) is 2.47. The van der Waals surface area contributed by atoms with Crippen molar-refractivity contribution in [1.29, 1.82) is 0 Å². The zero-order chi connectivity index (χ0) is 15.2. The van der Waals surface area contributed by atoms with Crippen molar-refractivity contribution in [1.82, 2.24) is 0 Å². The van der Waals surface area contributed by atoms with Crippen LogP contribution >= 0.6 is 11.6 Å². The van der Waals surface area contributed by atoms with E-state index < -0.39 is 5.82 Å². The highest BCUT2D eigenvalue weighted by Crippen LogP contribution is 2.31. The Bertz CT molecular complexity index is 619. The summed E-state index contributed by atoms with van der Waals surface area (Å²) in [5.74, 6) is 0.0219. The van der Waals surface area contributed by atoms with Gasteiger partial charge in [0.15, 0.2) is 11.6 Å². The van der Waals surface area contributed by atoms with Crippen molar-refractivity contribution >= 4 is 17.3 Å². The first-order valence-electron chi connectivity index (χ1n) is 6.69. The zero-order valence-corrected chi connectivity index (χ0v) is 12.5. The van der Waals surface area contributed by atoms with Crippen LogP contribution in [0.3, 0.4) is 0 Å². The maximum Gasteiger partial charge on any atom is 0.167 e. The molecular formula is C16H17ClFNO2. The van der Waals surface area contributed by atoms with Crippen molar-refractivity contribution in [3.8, 4) is 11.5 Å². The lowest BCUT2D eigenvalue weighted by Gasteiger charge is -2.13. The lowest BCUT2D eigenvalue weighted by atomic mass is 10.2. The molecule has 2 aromatic carbocycles. The lowest BCUT2D eigenvalue weighted by Crippen LogP contribution is -2.03. The van der Waals surface area contributed by atoms with Gasteiger partial charge in [-0.1, -0.05) is 36.7 Å². The fraction of sp³-hybridized carbons (Fsp3) is 0.250. The van der Waals surface area contributed by atoms with Gasteiger partial charge in [-0.2, -0.15) is 0 Å². The maximum absolute atomic E-state index is 13.7. The van der Waals surface area contributed by atoms with Gasteiger partial charge in [-0.25, -0.2) is 4.39 Å². The van der Waals surface area contributed by atoms with E-state index in [-0.39, 0.29) is 18.0 Å². The van der Waals surface area contributed by atoms with Crippen LogP contribution in [0.1, 0.15) is 18.9 Å². The third-order valence-corrected chi connectivity index (χ3v) is 3.24. The van der Waals surface area contributed by atoms with E-state index in [0.717, 1.165) is 12.0 Å². The molecule has 3 nitrogen and oxygen atoms in total. The van der Waals surface area contributed by atoms with Crippen LogP contribution in [0.2, 0.25) is 5.02 Å². The minimum Gasteiger partial charge on any atom is -0.490 e. The molecule has 0 aliphatic rings. The van der Waals surface area contributed by atoms with Gasteiger partial charge in [0.2, 0.25) is 0 Å². The molecule has 21 heavy (non-hydrogen) atoms. The molecule has 0 aliphatic heterocycles. The predicted molar refractivity (Wildman–Crippen MR) is 82.4 cm³/mol. The van der Waals surface area contributed by atoms with Crippen molar-refractivity contribution in [2.24, 2.45) is 0 Å². The molecule has 0 saturated heterocycles. The fourth-order valence-corrected chi connectivity index (χ4v) is 1.96. The van der Waals surface area contributed by atoms with Crippen molar-refractivity contribution in [3.05, 3.63) is 52.8 Å². The van der Waals surface area contributed by atoms with Gasteiger partial charge in [0, 0.05) is 22.7 Å². The minimum absolute atomic E-state index is 0.139. The second-order valence-corrected chi connectivity index (χ2v) is 4.96. The van der Waals surface area contributed by atoms with E-state index in [4.69, 9.17) is 26.8 Å². The third-order valence-electron chi connectivity index (χ3n) is 2.87. The first-order valence-corrected chi connectivity index (χ1v) is 7.07. The molecule has 0 spiro atoms. The van der Waals surface area contributed by atoms with Crippen molar-refractivity contribution in [3.63, 3.8) is 0 Å². The van der Waals surface area contributed by atoms with Crippen molar-refractivity contribution in [2.75, 3.05) is 12.3 Å². The van der Waals surface area contributed by atoms with Crippen LogP contribution in [0.5, 0.6) is 11.5 Å². The fourth-order valence-electron chi connectivity index (χ4n) is 1.77. The Morgan fingerprint density at radius 1 is 1.14 bits per heavy atom. The van der Waals surface area contributed by atoms with Crippen LogP contribution in [-0.4, -0.2) is 6.61 Å². The molecule has 0 heterocycles. The van der Waals surface area contributed by atoms with E-state index in [0.29, 0.717) is 17.4 Å². The summed E-state index contributed by atoms with van der Waals surface area (Å²) in [6.45, 7) is 2.64. The van der Waals surface area contributed by atoms with Crippen LogP contribution in [0, 0.1) is 5.82 Å². The summed E-state index contributed by atoms with van der Waals surface area (Å²) >= 11 is 6.06. The van der Waals surface area contributed by atoms with Crippen molar-refractivity contribution in [2.45, 2.75) is 20.0 Å². The highest BCUT2D eigenvalue weighted by Gasteiger charge is 2.11. The first-order chi connectivity index (χ1) is 10.1. The number of hydrogen-bond donors (Lipinski definition) is 1. The number of halogens is 2. The smallest absolute Gasteiger partial charge is 0.167 e. The summed E-state index contributed by atoms with van der Waals surface area (Å²) in [7, 11) is 0. The van der Waals surface area contributed by atoms with Crippen LogP contribution in [-0.2, 0) is 6.61 Å². The van der Waals surface area contributed by atoms with Gasteiger partial charge >= 0.3 is 0 Å². The summed E-state index contributed by atoms with van der Waals surface area (Å²) < 4.78 is 24.6. The summed E-state index contributed by atoms with van der Waals surface area (Å²) in [6, 6.07) is 10.0. The minimum atomic E-state index is -0.494. The van der Waals surface area contributed by atoms with Gasteiger partial charge in [-0.15, -0.1) is 0 Å². The number of anilines is 1. The summed E-state index contributed by atoms with van der Waals surface area (Å²) in [4.78, 5) is 0. The SMILES string of the molecule is CCCOc1cc(OCc2ccccc2Cl)c(N)cc1F. The second-order valence-electron chi connectivity index (χ2n) is 4.55. The number of hydrogen-bond acceptors (Lipinski definition) is 3. The average molecular weight is 310 g/mol. The molecule has 0 atom stereocenters. The molecule has 0 unspecified atom stereocenters. The van der Waals surface area contributed by atoms with Gasteiger partial charge in [-0.05, 0) is 12.5 Å². The van der Waals surface area contributed by atoms with E-state index >= 15 is 0 Å². The number of ether oxygens (including phenoxy) is 2. The Balaban J connectivity index is 2.14. The van der Waals surface area contributed by atoms with E-state index in [1.165, 1.54) is 12.1 Å². The molecule has 0 fully saturated rings. The normalized spacial score (nSPS) is 10.4. The van der Waals surface area contributed by atoms with Gasteiger partial charge in [0.1, 0.15) is 12.4 Å². The van der Waals surface area contributed by atoms with E-state index in [9.17, 15) is 4.39 Å². The number of rotatable bonds is 6. The molecule has 0 radical (unpaired) electrons. The van der Waals surface area contributed by atoms with Gasteiger partial charge in [-0.3, -0.25) is 0 Å². The second kappa shape index (κ2) is 7.18. The van der Waals surface area contributed by atoms with Crippen LogP contribution in [0.4, 0.5) is 10.1 Å². The van der Waals surface area contributed by atoms with E-state index in [1.54, 1.807) is 6.07 Å². The lowest BCUT2D eigenvalue weighted by molar-refractivity contribution is 0.287. The molecule has 2 rings (SSSR count). The zero-order valence-electron chi connectivity index (χ0n) is 11.7. The number of nitrogen functional groups attached to an aromatic ring is 1. The molecule has 2 N–H and O–H groups in total. The summed E-state index contributed by atoms with van der Waals surface area (Å²) in [5.41, 5.74) is 6.83. The van der Waals surface area contributed by atoms with Crippen LogP contribution in [0.25, 0.3) is 0 Å². The quantitative estimate of drug-likeness (QED) is 0.803. The predicted octanol–water partition coefficient (Wildman–Crippen LogP) is 4.43. The Morgan fingerprint density at radius 3 is 2.62 bits per heavy atom. The molecule has 2 aromatic rings. The van der Waals surface area contributed by atoms with Crippen LogP contribution < -0.4 is 15.2 Å². The maximum atomic E-state index is 13.7. The van der Waals surface area contributed by atoms with E-state index in [1.807, 2.05) is 25.1 Å². The Kier molecular flexibility index (Phi) is 5.28. The molecule has 0 amide bonds. The number of nitrogens with two attached hydrogens (primary N) is 1. The molecule has 0 aliphatic carbocycles. The Labute approximate surface area is 128 Å². The Morgan fingerprint density at radius 2 is 1.90 bits per heavy atom.